The highest BCUT2D eigenvalue weighted by molar-refractivity contribution is 7.26. The van der Waals surface area contributed by atoms with Crippen LogP contribution in [0.25, 0.3) is 98.5 Å². The van der Waals surface area contributed by atoms with Crippen LogP contribution in [-0.4, -0.2) is 15.0 Å². The topological polar surface area (TPSA) is 63.8 Å². The van der Waals surface area contributed by atoms with Crippen LogP contribution in [0, 0.1) is 0 Å². The maximum atomic E-state index is 6.26. The van der Waals surface area contributed by atoms with Crippen molar-refractivity contribution in [2.75, 3.05) is 5.32 Å². The van der Waals surface area contributed by atoms with Crippen molar-refractivity contribution in [1.82, 2.24) is 15.0 Å². The minimum absolute atomic E-state index is 0.0312. The van der Waals surface area contributed by atoms with Crippen LogP contribution in [0.1, 0.15) is 17.2 Å². The highest BCUT2D eigenvalue weighted by atomic mass is 32.1. The maximum Gasteiger partial charge on any atom is 0.164 e. The quantitative estimate of drug-likeness (QED) is 0.189. The van der Waals surface area contributed by atoms with Crippen LogP contribution in [0.15, 0.2) is 186 Å². The van der Waals surface area contributed by atoms with E-state index in [4.69, 9.17) is 19.4 Å². The Labute approximate surface area is 338 Å². The SMILES string of the molecule is c1ccc(-c2nc(-c3cccc(-c4ccc5c(c4)-c4c(ccc6sc7ccccc7c46)C(c4ccccc4)N5)c3)nc(-c3cccc4oc5ccccc5c34)n2)cc1. The van der Waals surface area contributed by atoms with E-state index in [0.29, 0.717) is 17.5 Å². The number of fused-ring (bicyclic) bond motifs is 10. The number of nitrogens with one attached hydrogen (secondary N) is 1. The van der Waals surface area contributed by atoms with Crippen LogP contribution in [-0.2, 0) is 0 Å². The van der Waals surface area contributed by atoms with Crippen LogP contribution >= 0.6 is 11.3 Å². The average Bonchev–Trinajstić information content (AvgIpc) is 3.88. The van der Waals surface area contributed by atoms with Gasteiger partial charge in [0.2, 0.25) is 0 Å². The third kappa shape index (κ3) is 5.26. The van der Waals surface area contributed by atoms with Crippen LogP contribution < -0.4 is 5.32 Å². The van der Waals surface area contributed by atoms with Gasteiger partial charge in [0.15, 0.2) is 17.5 Å². The number of aromatic nitrogens is 3. The molecule has 1 aliphatic rings. The fraction of sp³-hybridized carbons (Fsp3) is 0.0192. The smallest absolute Gasteiger partial charge is 0.164 e. The Morgan fingerprint density at radius 3 is 2.00 bits per heavy atom. The van der Waals surface area contributed by atoms with Crippen molar-refractivity contribution >= 4 is 59.1 Å². The van der Waals surface area contributed by atoms with E-state index in [9.17, 15) is 0 Å². The molecule has 3 aromatic heterocycles. The first-order valence-corrected chi connectivity index (χ1v) is 20.3. The fourth-order valence-corrected chi connectivity index (χ4v) is 9.82. The Morgan fingerprint density at radius 1 is 0.448 bits per heavy atom. The minimum Gasteiger partial charge on any atom is -0.456 e. The van der Waals surface area contributed by atoms with Gasteiger partial charge in [-0.05, 0) is 70.3 Å². The molecule has 6 heteroatoms. The monoisotopic (exact) mass is 760 g/mol. The zero-order chi connectivity index (χ0) is 38.2. The summed E-state index contributed by atoms with van der Waals surface area (Å²) in [6, 6.07) is 63.9. The van der Waals surface area contributed by atoms with Gasteiger partial charge in [-0.25, -0.2) is 15.0 Å². The third-order valence-electron chi connectivity index (χ3n) is 11.4. The summed E-state index contributed by atoms with van der Waals surface area (Å²) >= 11 is 1.86. The Hall–Kier alpha value is -7.41. The van der Waals surface area contributed by atoms with Gasteiger partial charge in [0.05, 0.1) is 6.04 Å². The van der Waals surface area contributed by atoms with Crippen LogP contribution in [0.4, 0.5) is 5.69 Å². The number of anilines is 1. The van der Waals surface area contributed by atoms with Crippen molar-refractivity contribution in [3.8, 4) is 56.4 Å². The number of hydrogen-bond acceptors (Lipinski definition) is 6. The molecule has 0 saturated carbocycles. The molecule has 4 heterocycles. The van der Waals surface area contributed by atoms with Gasteiger partial charge < -0.3 is 9.73 Å². The summed E-state index contributed by atoms with van der Waals surface area (Å²) in [4.78, 5) is 15.4. The zero-order valence-corrected chi connectivity index (χ0v) is 31.9. The number of benzene rings is 8. The van der Waals surface area contributed by atoms with E-state index in [2.05, 4.69) is 127 Å². The van der Waals surface area contributed by atoms with Gasteiger partial charge in [-0.2, -0.15) is 0 Å². The van der Waals surface area contributed by atoms with Crippen LogP contribution in [0.3, 0.4) is 0 Å². The molecule has 5 nitrogen and oxygen atoms in total. The van der Waals surface area contributed by atoms with Crippen LogP contribution in [0.5, 0.6) is 0 Å². The van der Waals surface area contributed by atoms with Crippen molar-refractivity contribution < 1.29 is 4.42 Å². The first-order chi connectivity index (χ1) is 28.7. The van der Waals surface area contributed by atoms with Crippen molar-refractivity contribution in [1.29, 1.82) is 0 Å². The summed E-state index contributed by atoms with van der Waals surface area (Å²) in [6.07, 6.45) is 0. The van der Waals surface area contributed by atoms with Crippen molar-refractivity contribution in [2.24, 2.45) is 0 Å². The Bertz CT molecular complexity index is 3390. The van der Waals surface area contributed by atoms with Crippen LogP contribution in [0.2, 0.25) is 0 Å². The summed E-state index contributed by atoms with van der Waals surface area (Å²) in [5.41, 5.74) is 12.7. The lowest BCUT2D eigenvalue weighted by Crippen LogP contribution is -2.18. The molecular weight excluding hydrogens is 729 g/mol. The molecule has 1 N–H and O–H groups in total. The molecule has 58 heavy (non-hydrogen) atoms. The molecule has 0 aliphatic carbocycles. The van der Waals surface area contributed by atoms with E-state index in [1.54, 1.807) is 0 Å². The van der Waals surface area contributed by atoms with Gasteiger partial charge in [0, 0.05) is 58.9 Å². The number of furan rings is 1. The number of nitrogens with zero attached hydrogens (tertiary/aromatic N) is 3. The molecular formula is C52H32N4OS. The lowest BCUT2D eigenvalue weighted by atomic mass is 9.83. The minimum atomic E-state index is 0.0312. The summed E-state index contributed by atoms with van der Waals surface area (Å²) in [7, 11) is 0. The number of thiophene rings is 1. The van der Waals surface area contributed by atoms with E-state index in [1.165, 1.54) is 42.4 Å². The molecule has 11 aromatic rings. The van der Waals surface area contributed by atoms with E-state index < -0.39 is 0 Å². The first-order valence-electron chi connectivity index (χ1n) is 19.5. The number of rotatable bonds is 5. The largest absolute Gasteiger partial charge is 0.456 e. The molecule has 0 fully saturated rings. The number of para-hydroxylation sites is 1. The summed E-state index contributed by atoms with van der Waals surface area (Å²) in [5, 5.41) is 8.57. The molecule has 0 bridgehead atoms. The molecule has 0 radical (unpaired) electrons. The highest BCUT2D eigenvalue weighted by Crippen LogP contribution is 2.51. The maximum absolute atomic E-state index is 6.26. The Morgan fingerprint density at radius 2 is 1.12 bits per heavy atom. The summed E-state index contributed by atoms with van der Waals surface area (Å²) in [5.74, 6) is 1.83. The standard InChI is InChI=1S/C52H32N4OS/c1-3-13-31(14-4-1)49-38-26-28-45-48(37-20-8-10-24-44(37)58-45)47(38)40-30-34(25-27-41(40)53-49)33-17-11-18-35(29-33)51-54-50(32-15-5-2-6-16-32)55-52(56-51)39-21-12-23-43-46(39)36-19-7-9-22-42(36)57-43/h1-30,49,53H. The summed E-state index contributed by atoms with van der Waals surface area (Å²) < 4.78 is 8.86. The predicted molar refractivity (Wildman–Crippen MR) is 239 cm³/mol. The van der Waals surface area contributed by atoms with Gasteiger partial charge in [-0.1, -0.05) is 140 Å². The third-order valence-corrected chi connectivity index (χ3v) is 12.5. The van der Waals surface area contributed by atoms with E-state index in [1.807, 2.05) is 72.0 Å². The molecule has 1 unspecified atom stereocenters. The molecule has 0 amide bonds. The second-order valence-electron chi connectivity index (χ2n) is 14.8. The molecule has 272 valence electrons. The zero-order valence-electron chi connectivity index (χ0n) is 31.1. The summed E-state index contributed by atoms with van der Waals surface area (Å²) in [6.45, 7) is 0. The predicted octanol–water partition coefficient (Wildman–Crippen LogP) is 14.0. The highest BCUT2D eigenvalue weighted by Gasteiger charge is 2.29. The molecule has 8 aromatic carbocycles. The second kappa shape index (κ2) is 13.1. The van der Waals surface area contributed by atoms with E-state index >= 15 is 0 Å². The average molecular weight is 761 g/mol. The lowest BCUT2D eigenvalue weighted by Gasteiger charge is -2.31. The fourth-order valence-electron chi connectivity index (χ4n) is 8.70. The van der Waals surface area contributed by atoms with Crippen molar-refractivity contribution in [3.05, 3.63) is 193 Å². The van der Waals surface area contributed by atoms with Gasteiger partial charge in [0.25, 0.3) is 0 Å². The second-order valence-corrected chi connectivity index (χ2v) is 15.9. The molecule has 0 saturated heterocycles. The Balaban J connectivity index is 1.02. The normalized spacial score (nSPS) is 13.5. The first kappa shape index (κ1) is 32.8. The van der Waals surface area contributed by atoms with Crippen molar-refractivity contribution in [2.45, 2.75) is 6.04 Å². The Kier molecular flexibility index (Phi) is 7.40. The van der Waals surface area contributed by atoms with Gasteiger partial charge in [0.1, 0.15) is 11.2 Å². The molecule has 1 atom stereocenters. The van der Waals surface area contributed by atoms with Gasteiger partial charge in [-0.3, -0.25) is 0 Å². The van der Waals surface area contributed by atoms with Gasteiger partial charge >= 0.3 is 0 Å². The van der Waals surface area contributed by atoms with E-state index in [0.717, 1.165) is 55.4 Å². The number of hydrogen-bond donors (Lipinski definition) is 1. The van der Waals surface area contributed by atoms with Gasteiger partial charge in [-0.15, -0.1) is 11.3 Å². The lowest BCUT2D eigenvalue weighted by molar-refractivity contribution is 0.669. The molecule has 1 aliphatic heterocycles. The van der Waals surface area contributed by atoms with Crippen molar-refractivity contribution in [3.63, 3.8) is 0 Å². The molecule has 12 rings (SSSR count). The molecule has 0 spiro atoms. The van der Waals surface area contributed by atoms with E-state index in [-0.39, 0.29) is 6.04 Å².